The van der Waals surface area contributed by atoms with Crippen LogP contribution in [0.2, 0.25) is 0 Å². The van der Waals surface area contributed by atoms with Gasteiger partial charge in [0.05, 0.1) is 24.5 Å². The minimum atomic E-state index is 0.147. The molecule has 0 bridgehead atoms. The van der Waals surface area contributed by atoms with E-state index in [-0.39, 0.29) is 17.9 Å². The number of thiazole rings is 1. The Bertz CT molecular complexity index is 833. The van der Waals surface area contributed by atoms with Gasteiger partial charge in [-0.3, -0.25) is 14.4 Å². The molecular formula is C19H24N4O2S. The van der Waals surface area contributed by atoms with Gasteiger partial charge >= 0.3 is 0 Å². The molecule has 0 spiro atoms. The van der Waals surface area contributed by atoms with Gasteiger partial charge in [-0.1, -0.05) is 6.42 Å². The number of rotatable bonds is 4. The van der Waals surface area contributed by atoms with Gasteiger partial charge in [0.15, 0.2) is 5.13 Å². The zero-order valence-electron chi connectivity index (χ0n) is 15.1. The second-order valence-corrected chi connectivity index (χ2v) is 8.67. The van der Waals surface area contributed by atoms with Crippen molar-refractivity contribution in [2.45, 2.75) is 51.0 Å². The Labute approximate surface area is 157 Å². The van der Waals surface area contributed by atoms with Crippen LogP contribution in [-0.2, 0) is 29.4 Å². The third-order valence-corrected chi connectivity index (χ3v) is 7.09. The molecule has 138 valence electrons. The molecule has 3 aliphatic rings. The van der Waals surface area contributed by atoms with Crippen molar-refractivity contribution in [2.75, 3.05) is 18.1 Å². The van der Waals surface area contributed by atoms with E-state index in [9.17, 15) is 4.79 Å². The summed E-state index contributed by atoms with van der Waals surface area (Å²) in [6, 6.07) is 0. The van der Waals surface area contributed by atoms with Crippen LogP contribution in [0.15, 0.2) is 6.20 Å². The highest BCUT2D eigenvalue weighted by Crippen LogP contribution is 2.40. The minimum Gasteiger partial charge on any atom is -0.376 e. The molecule has 26 heavy (non-hydrogen) atoms. The third-order valence-electron chi connectivity index (χ3n) is 5.95. The first-order valence-electron chi connectivity index (χ1n) is 9.64. The number of aromatic nitrogens is 3. The van der Waals surface area contributed by atoms with Crippen molar-refractivity contribution >= 4 is 22.4 Å². The minimum absolute atomic E-state index is 0.147. The highest BCUT2D eigenvalue weighted by atomic mass is 32.1. The summed E-state index contributed by atoms with van der Waals surface area (Å²) in [5, 5.41) is 5.25. The van der Waals surface area contributed by atoms with Crippen molar-refractivity contribution in [3.63, 3.8) is 0 Å². The molecule has 1 saturated carbocycles. The lowest BCUT2D eigenvalue weighted by molar-refractivity contribution is -0.125. The number of amides is 1. The Morgan fingerprint density at radius 2 is 2.23 bits per heavy atom. The van der Waals surface area contributed by atoms with Gasteiger partial charge in [-0.2, -0.15) is 5.10 Å². The topological polar surface area (TPSA) is 60.2 Å². The fraction of sp³-hybridized carbons (Fsp3) is 0.632. The summed E-state index contributed by atoms with van der Waals surface area (Å²) in [6.07, 6.45) is 9.34. The van der Waals surface area contributed by atoms with Gasteiger partial charge in [-0.05, 0) is 38.5 Å². The summed E-state index contributed by atoms with van der Waals surface area (Å²) in [6.45, 7) is 1.45. The van der Waals surface area contributed by atoms with Gasteiger partial charge < -0.3 is 4.74 Å². The van der Waals surface area contributed by atoms with Crippen LogP contribution in [0.5, 0.6) is 0 Å². The molecule has 1 saturated heterocycles. The molecule has 1 amide bonds. The first-order valence-corrected chi connectivity index (χ1v) is 10.5. The van der Waals surface area contributed by atoms with Crippen LogP contribution in [0.3, 0.4) is 0 Å². The highest BCUT2D eigenvalue weighted by molar-refractivity contribution is 7.16. The fourth-order valence-electron chi connectivity index (χ4n) is 4.15. The molecule has 5 rings (SSSR count). The Hall–Kier alpha value is -1.73. The van der Waals surface area contributed by atoms with Crippen LogP contribution in [0.25, 0.3) is 11.3 Å². The molecule has 1 atom stereocenters. The van der Waals surface area contributed by atoms with Crippen molar-refractivity contribution in [3.05, 3.63) is 16.8 Å². The van der Waals surface area contributed by atoms with E-state index in [2.05, 4.69) is 5.10 Å². The average molecular weight is 372 g/mol. The van der Waals surface area contributed by atoms with Crippen molar-refractivity contribution in [2.24, 2.45) is 13.0 Å². The van der Waals surface area contributed by atoms with Gasteiger partial charge in [0.1, 0.15) is 0 Å². The van der Waals surface area contributed by atoms with E-state index in [1.54, 1.807) is 11.3 Å². The Balaban J connectivity index is 1.48. The lowest BCUT2D eigenvalue weighted by Gasteiger charge is -2.31. The monoisotopic (exact) mass is 372 g/mol. The Kier molecular flexibility index (Phi) is 4.09. The first-order chi connectivity index (χ1) is 12.7. The van der Waals surface area contributed by atoms with Crippen LogP contribution in [0.4, 0.5) is 5.13 Å². The SMILES string of the molecule is Cn1ncc2c1CCc1sc(N(CC3CCCO3)C(=O)C3CCC3)nc1-2. The molecule has 2 aromatic rings. The fourth-order valence-corrected chi connectivity index (χ4v) is 5.24. The van der Waals surface area contributed by atoms with Gasteiger partial charge in [-0.15, -0.1) is 11.3 Å². The molecular weight excluding hydrogens is 348 g/mol. The summed E-state index contributed by atoms with van der Waals surface area (Å²) >= 11 is 1.68. The van der Waals surface area contributed by atoms with Crippen molar-refractivity contribution < 1.29 is 9.53 Å². The number of hydrogen-bond donors (Lipinski definition) is 0. The maximum Gasteiger partial charge on any atom is 0.231 e. The standard InChI is InChI=1S/C19H24N4O2S/c1-22-15-7-8-16-17(14(15)10-20-22)21-19(26-16)23(11-13-6-3-9-25-13)18(24)12-4-2-5-12/h10,12-13H,2-9,11H2,1H3. The highest BCUT2D eigenvalue weighted by Gasteiger charge is 2.35. The van der Waals surface area contributed by atoms with E-state index in [4.69, 9.17) is 9.72 Å². The summed E-state index contributed by atoms with van der Waals surface area (Å²) in [5.41, 5.74) is 3.40. The number of carbonyl (C=O) groups excluding carboxylic acids is 1. The van der Waals surface area contributed by atoms with Gasteiger partial charge in [0, 0.05) is 35.7 Å². The first kappa shape index (κ1) is 16.4. The molecule has 3 heterocycles. The molecule has 1 aliphatic heterocycles. The number of ether oxygens (including phenoxy) is 1. The summed E-state index contributed by atoms with van der Waals surface area (Å²) in [4.78, 5) is 21.2. The second-order valence-electron chi connectivity index (χ2n) is 7.61. The Morgan fingerprint density at radius 1 is 1.35 bits per heavy atom. The van der Waals surface area contributed by atoms with Gasteiger partial charge in [0.25, 0.3) is 0 Å². The second kappa shape index (κ2) is 6.46. The summed E-state index contributed by atoms with van der Waals surface area (Å²) in [5.74, 6) is 0.413. The summed E-state index contributed by atoms with van der Waals surface area (Å²) < 4.78 is 7.76. The smallest absolute Gasteiger partial charge is 0.231 e. The number of aryl methyl sites for hydroxylation is 2. The Morgan fingerprint density at radius 3 is 2.96 bits per heavy atom. The van der Waals surface area contributed by atoms with E-state index in [0.29, 0.717) is 6.54 Å². The van der Waals surface area contributed by atoms with Crippen molar-refractivity contribution in [1.29, 1.82) is 0 Å². The predicted molar refractivity (Wildman–Crippen MR) is 100 cm³/mol. The lowest BCUT2D eigenvalue weighted by Crippen LogP contribution is -2.43. The van der Waals surface area contributed by atoms with Crippen LogP contribution >= 0.6 is 11.3 Å². The van der Waals surface area contributed by atoms with E-state index in [0.717, 1.165) is 67.9 Å². The number of carbonyl (C=O) groups is 1. The molecule has 1 unspecified atom stereocenters. The van der Waals surface area contributed by atoms with Crippen LogP contribution in [-0.4, -0.2) is 39.9 Å². The van der Waals surface area contributed by atoms with Gasteiger partial charge in [-0.25, -0.2) is 4.98 Å². The van der Waals surface area contributed by atoms with Gasteiger partial charge in [0.2, 0.25) is 5.91 Å². The molecule has 0 radical (unpaired) electrons. The molecule has 7 heteroatoms. The van der Waals surface area contributed by atoms with Crippen molar-refractivity contribution in [1.82, 2.24) is 14.8 Å². The number of nitrogens with zero attached hydrogens (tertiary/aromatic N) is 4. The van der Waals surface area contributed by atoms with Crippen LogP contribution in [0, 0.1) is 5.92 Å². The van der Waals surface area contributed by atoms with Crippen LogP contribution in [0.1, 0.15) is 42.7 Å². The van der Waals surface area contributed by atoms with E-state index < -0.39 is 0 Å². The zero-order valence-corrected chi connectivity index (χ0v) is 15.9. The maximum absolute atomic E-state index is 13.1. The zero-order chi connectivity index (χ0) is 17.7. The van der Waals surface area contributed by atoms with Crippen molar-refractivity contribution in [3.8, 4) is 11.3 Å². The molecule has 2 fully saturated rings. The quantitative estimate of drug-likeness (QED) is 0.828. The number of anilines is 1. The summed E-state index contributed by atoms with van der Waals surface area (Å²) in [7, 11) is 1.99. The lowest BCUT2D eigenvalue weighted by atomic mass is 9.84. The van der Waals surface area contributed by atoms with Crippen LogP contribution < -0.4 is 4.90 Å². The third kappa shape index (κ3) is 2.68. The van der Waals surface area contributed by atoms with E-state index in [1.165, 1.54) is 10.6 Å². The van der Waals surface area contributed by atoms with E-state index in [1.807, 2.05) is 22.8 Å². The number of hydrogen-bond acceptors (Lipinski definition) is 5. The molecule has 2 aliphatic carbocycles. The molecule has 2 aromatic heterocycles. The number of fused-ring (bicyclic) bond motifs is 3. The van der Waals surface area contributed by atoms with E-state index >= 15 is 0 Å². The average Bonchev–Trinajstić information content (AvgIpc) is 3.29. The predicted octanol–water partition coefficient (Wildman–Crippen LogP) is 2.95. The molecule has 0 N–H and O–H groups in total. The molecule has 6 nitrogen and oxygen atoms in total. The molecule has 0 aromatic carbocycles. The maximum atomic E-state index is 13.1. The largest absolute Gasteiger partial charge is 0.376 e. The normalized spacial score (nSPS) is 22.0.